The minimum absolute atomic E-state index is 0.114. The molecule has 266 valence electrons. The van der Waals surface area contributed by atoms with E-state index in [-0.39, 0.29) is 5.41 Å². The highest BCUT2D eigenvalue weighted by molar-refractivity contribution is 6.30. The Hall–Kier alpha value is -7.37. The summed E-state index contributed by atoms with van der Waals surface area (Å²) < 4.78 is 4.33. The third kappa shape index (κ3) is 4.00. The molecule has 0 amide bonds. The Morgan fingerprint density at radius 2 is 1.11 bits per heavy atom. The Morgan fingerprint density at radius 3 is 1.96 bits per heavy atom. The Kier molecular flexibility index (Phi) is 5.91. The van der Waals surface area contributed by atoms with Crippen LogP contribution in [0.1, 0.15) is 25.0 Å². The van der Waals surface area contributed by atoms with Gasteiger partial charge < -0.3 is 4.57 Å². The van der Waals surface area contributed by atoms with Crippen molar-refractivity contribution < 1.29 is 0 Å². The van der Waals surface area contributed by atoms with Crippen LogP contribution in [0, 0.1) is 0 Å². The number of aromatic nitrogens is 5. The van der Waals surface area contributed by atoms with Gasteiger partial charge in [0.05, 0.1) is 27.9 Å². The number of nitrogens with zero attached hydrogens (tertiary/aromatic N) is 5. The number of hydrogen-bond acceptors (Lipinski definition) is 3. The molecule has 0 spiro atoms. The van der Waals surface area contributed by atoms with Crippen LogP contribution in [0.15, 0.2) is 164 Å². The van der Waals surface area contributed by atoms with E-state index >= 15 is 0 Å². The average Bonchev–Trinajstić information content (AvgIpc) is 3.89. The molecule has 2 aliphatic carbocycles. The van der Waals surface area contributed by atoms with Crippen LogP contribution in [0.5, 0.6) is 0 Å². The third-order valence-corrected chi connectivity index (χ3v) is 12.7. The fourth-order valence-electron chi connectivity index (χ4n) is 10.2. The molecule has 3 heterocycles. The molecule has 3 aromatic heterocycles. The highest BCUT2D eigenvalue weighted by Gasteiger charge is 2.35. The number of benzene rings is 8. The van der Waals surface area contributed by atoms with Crippen molar-refractivity contribution in [2.24, 2.45) is 0 Å². The molecule has 0 bridgehead atoms. The quantitative estimate of drug-likeness (QED) is 0.182. The van der Waals surface area contributed by atoms with Gasteiger partial charge in [-0.25, -0.2) is 4.98 Å². The third-order valence-electron chi connectivity index (χ3n) is 12.7. The van der Waals surface area contributed by atoms with E-state index in [1.54, 1.807) is 0 Å². The summed E-state index contributed by atoms with van der Waals surface area (Å²) in [4.78, 5) is 10.5. The molecule has 0 unspecified atom stereocenters. The number of hydrogen-bond donors (Lipinski definition) is 0. The fourth-order valence-corrected chi connectivity index (χ4v) is 10.2. The lowest BCUT2D eigenvalue weighted by Gasteiger charge is -2.22. The first kappa shape index (κ1) is 30.9. The van der Waals surface area contributed by atoms with Gasteiger partial charge in [0.1, 0.15) is 0 Å². The van der Waals surface area contributed by atoms with Gasteiger partial charge in [-0.3, -0.25) is 0 Å². The molecule has 8 aromatic carbocycles. The molecule has 0 saturated heterocycles. The zero-order valence-corrected chi connectivity index (χ0v) is 31.3. The van der Waals surface area contributed by atoms with E-state index in [1.165, 1.54) is 66.1 Å². The van der Waals surface area contributed by atoms with Crippen molar-refractivity contribution in [2.45, 2.75) is 19.3 Å². The van der Waals surface area contributed by atoms with E-state index in [2.05, 4.69) is 182 Å². The molecule has 5 nitrogen and oxygen atoms in total. The summed E-state index contributed by atoms with van der Waals surface area (Å²) in [5, 5.41) is 11.4. The Balaban J connectivity index is 1.04. The lowest BCUT2D eigenvalue weighted by atomic mass is 9.82. The van der Waals surface area contributed by atoms with E-state index < -0.39 is 0 Å². The topological polar surface area (TPSA) is 48.0 Å². The van der Waals surface area contributed by atoms with Crippen LogP contribution >= 0.6 is 0 Å². The Bertz CT molecular complexity index is 3560. The SMILES string of the molecule is CC1(C)c2ccccc2-c2ccc(-c3nc4nc(-c5ccccc5-n5c6cccc7c6c6c8c(cccc8ccc65)-c5ccccc5-7)nn4c4ccccc34)cc21. The summed E-state index contributed by atoms with van der Waals surface area (Å²) >= 11 is 0. The van der Waals surface area contributed by atoms with Gasteiger partial charge in [-0.15, -0.1) is 5.10 Å². The molecule has 0 fully saturated rings. The monoisotopic (exact) mass is 727 g/mol. The number of rotatable bonds is 3. The summed E-state index contributed by atoms with van der Waals surface area (Å²) in [5.41, 5.74) is 17.5. The molecule has 2 aliphatic rings. The van der Waals surface area contributed by atoms with Crippen molar-refractivity contribution in [2.75, 3.05) is 0 Å². The first-order valence-corrected chi connectivity index (χ1v) is 19.6. The maximum Gasteiger partial charge on any atom is 0.253 e. The van der Waals surface area contributed by atoms with E-state index in [0.29, 0.717) is 11.6 Å². The van der Waals surface area contributed by atoms with Gasteiger partial charge in [0, 0.05) is 32.7 Å². The van der Waals surface area contributed by atoms with Crippen LogP contribution in [-0.2, 0) is 5.41 Å². The van der Waals surface area contributed by atoms with Gasteiger partial charge >= 0.3 is 0 Å². The molecule has 0 atom stereocenters. The van der Waals surface area contributed by atoms with Crippen LogP contribution in [0.4, 0.5) is 0 Å². The van der Waals surface area contributed by atoms with Gasteiger partial charge in [0.25, 0.3) is 5.78 Å². The molecule has 57 heavy (non-hydrogen) atoms. The van der Waals surface area contributed by atoms with E-state index in [1.807, 2.05) is 4.52 Å². The molecule has 11 aromatic rings. The molecule has 5 heteroatoms. The highest BCUT2D eigenvalue weighted by Crippen LogP contribution is 2.51. The lowest BCUT2D eigenvalue weighted by molar-refractivity contribution is 0.660. The highest BCUT2D eigenvalue weighted by atomic mass is 15.3. The summed E-state index contributed by atoms with van der Waals surface area (Å²) in [6.07, 6.45) is 0. The predicted molar refractivity (Wildman–Crippen MR) is 233 cm³/mol. The summed E-state index contributed by atoms with van der Waals surface area (Å²) in [6.45, 7) is 4.64. The van der Waals surface area contributed by atoms with Gasteiger partial charge in [-0.2, -0.15) is 9.50 Å². The molecular weight excluding hydrogens is 695 g/mol. The van der Waals surface area contributed by atoms with Crippen LogP contribution in [-0.4, -0.2) is 24.1 Å². The Labute approximate surface area is 328 Å². The molecule has 0 N–H and O–H groups in total. The largest absolute Gasteiger partial charge is 0.308 e. The predicted octanol–water partition coefficient (Wildman–Crippen LogP) is 12.8. The van der Waals surface area contributed by atoms with E-state index in [0.717, 1.165) is 44.4 Å². The smallest absolute Gasteiger partial charge is 0.253 e. The molecule has 0 aliphatic heterocycles. The Morgan fingerprint density at radius 1 is 0.456 bits per heavy atom. The summed E-state index contributed by atoms with van der Waals surface area (Å²) in [6, 6.07) is 59.4. The standard InChI is InChI=1S/C52H33N5/c1-52(2)40-21-8-5-16-34(40)35-27-25-31(29-41(35)52)49-38-17-6-10-23-43(38)57-51(53-49)54-50(55-57)39-18-7-9-22-42(39)56-44-24-12-20-37-33-15-4-3-14-32(33)36-19-11-13-30-26-28-45(56)48(46(30)36)47(37)44/h3-29H,1-2H3. The molecule has 0 radical (unpaired) electrons. The van der Waals surface area contributed by atoms with Crippen LogP contribution in [0.3, 0.4) is 0 Å². The first-order valence-electron chi connectivity index (χ1n) is 19.6. The van der Waals surface area contributed by atoms with Crippen LogP contribution in [0.2, 0.25) is 0 Å². The first-order chi connectivity index (χ1) is 28.0. The summed E-state index contributed by atoms with van der Waals surface area (Å²) in [7, 11) is 0. The van der Waals surface area contributed by atoms with Gasteiger partial charge in [-0.1, -0.05) is 141 Å². The summed E-state index contributed by atoms with van der Waals surface area (Å²) in [5.74, 6) is 1.21. The molecule has 0 saturated carbocycles. The maximum atomic E-state index is 5.30. The maximum absolute atomic E-state index is 5.30. The number of para-hydroxylation sites is 2. The van der Waals surface area contributed by atoms with Crippen molar-refractivity contribution in [1.29, 1.82) is 0 Å². The van der Waals surface area contributed by atoms with E-state index in [9.17, 15) is 0 Å². The minimum atomic E-state index is -0.114. The molecule has 13 rings (SSSR count). The van der Waals surface area contributed by atoms with Crippen molar-refractivity contribution >= 4 is 49.3 Å². The normalized spacial score (nSPS) is 13.6. The van der Waals surface area contributed by atoms with Crippen LogP contribution in [0.25, 0.3) is 111 Å². The average molecular weight is 728 g/mol. The van der Waals surface area contributed by atoms with Crippen LogP contribution < -0.4 is 0 Å². The van der Waals surface area contributed by atoms with Crippen molar-refractivity contribution in [3.8, 4) is 61.7 Å². The zero-order chi connectivity index (χ0) is 37.6. The number of fused-ring (bicyclic) bond motifs is 9. The van der Waals surface area contributed by atoms with Crippen molar-refractivity contribution in [1.82, 2.24) is 24.1 Å². The molecular formula is C52H33N5. The van der Waals surface area contributed by atoms with Crippen molar-refractivity contribution in [3.05, 3.63) is 175 Å². The minimum Gasteiger partial charge on any atom is -0.308 e. The zero-order valence-electron chi connectivity index (χ0n) is 31.3. The second-order valence-corrected chi connectivity index (χ2v) is 16.0. The fraction of sp³-hybridized carbons (Fsp3) is 0.0577. The lowest BCUT2D eigenvalue weighted by Crippen LogP contribution is -2.15. The van der Waals surface area contributed by atoms with Crippen molar-refractivity contribution in [3.63, 3.8) is 0 Å². The van der Waals surface area contributed by atoms with Gasteiger partial charge in [0.15, 0.2) is 5.82 Å². The van der Waals surface area contributed by atoms with Gasteiger partial charge in [-0.05, 0) is 91.7 Å². The second-order valence-electron chi connectivity index (χ2n) is 16.0. The second kappa shape index (κ2) is 10.9. The van der Waals surface area contributed by atoms with Gasteiger partial charge in [0.2, 0.25) is 0 Å². The van der Waals surface area contributed by atoms with E-state index in [4.69, 9.17) is 15.1 Å².